The van der Waals surface area contributed by atoms with Crippen LogP contribution in [0.15, 0.2) is 30.7 Å². The number of hydrogen-bond acceptors (Lipinski definition) is 4. The molecule has 0 amide bonds. The largest absolute Gasteiger partial charge is 0.481 e. The standard InChI is InChI=1S/C10H12N4O/c1-15-10-3-2-8(5-12-10)4-11-9-6-13-14-7-9/h2-3,5-7,11H,4H2,1H3,(H,13,14). The van der Waals surface area contributed by atoms with Crippen LogP contribution in [-0.4, -0.2) is 22.3 Å². The first-order chi connectivity index (χ1) is 7.38. The maximum atomic E-state index is 4.97. The summed E-state index contributed by atoms with van der Waals surface area (Å²) >= 11 is 0. The summed E-state index contributed by atoms with van der Waals surface area (Å²) in [4.78, 5) is 4.11. The molecule has 5 heteroatoms. The Balaban J connectivity index is 1.93. The molecule has 0 aliphatic rings. The SMILES string of the molecule is COc1ccc(CNc2cn[nH]c2)cn1. The first kappa shape index (κ1) is 9.51. The Morgan fingerprint density at radius 1 is 1.40 bits per heavy atom. The van der Waals surface area contributed by atoms with Gasteiger partial charge in [0.2, 0.25) is 5.88 Å². The van der Waals surface area contributed by atoms with Crippen molar-refractivity contribution < 1.29 is 4.74 Å². The van der Waals surface area contributed by atoms with E-state index in [0.29, 0.717) is 5.88 Å². The van der Waals surface area contributed by atoms with Gasteiger partial charge in [-0.3, -0.25) is 5.10 Å². The Bertz CT molecular complexity index is 396. The third-order valence-electron chi connectivity index (χ3n) is 2.00. The van der Waals surface area contributed by atoms with Crippen LogP contribution in [0.5, 0.6) is 5.88 Å². The predicted octanol–water partition coefficient (Wildman–Crippen LogP) is 1.43. The number of nitrogens with zero attached hydrogens (tertiary/aromatic N) is 2. The van der Waals surface area contributed by atoms with Crippen LogP contribution >= 0.6 is 0 Å². The highest BCUT2D eigenvalue weighted by Crippen LogP contribution is 2.09. The van der Waals surface area contributed by atoms with Crippen molar-refractivity contribution in [2.45, 2.75) is 6.54 Å². The summed E-state index contributed by atoms with van der Waals surface area (Å²) < 4.78 is 4.97. The number of pyridine rings is 1. The molecule has 0 aliphatic carbocycles. The average Bonchev–Trinajstić information content (AvgIpc) is 2.80. The Hall–Kier alpha value is -2.04. The molecule has 2 rings (SSSR count). The average molecular weight is 204 g/mol. The maximum Gasteiger partial charge on any atom is 0.212 e. The van der Waals surface area contributed by atoms with Gasteiger partial charge in [-0.05, 0) is 5.56 Å². The van der Waals surface area contributed by atoms with Crippen molar-refractivity contribution in [1.82, 2.24) is 15.2 Å². The Kier molecular flexibility index (Phi) is 2.82. The summed E-state index contributed by atoms with van der Waals surface area (Å²) in [5.41, 5.74) is 2.06. The van der Waals surface area contributed by atoms with E-state index in [4.69, 9.17) is 4.74 Å². The van der Waals surface area contributed by atoms with Crippen LogP contribution in [-0.2, 0) is 6.54 Å². The third kappa shape index (κ3) is 2.46. The molecule has 0 saturated carbocycles. The molecule has 2 aromatic heterocycles. The van der Waals surface area contributed by atoms with E-state index in [9.17, 15) is 0 Å². The lowest BCUT2D eigenvalue weighted by atomic mass is 10.3. The smallest absolute Gasteiger partial charge is 0.212 e. The number of methoxy groups -OCH3 is 1. The van der Waals surface area contributed by atoms with E-state index in [-0.39, 0.29) is 0 Å². The van der Waals surface area contributed by atoms with Crippen molar-refractivity contribution in [2.75, 3.05) is 12.4 Å². The molecule has 0 fully saturated rings. The number of aromatic amines is 1. The van der Waals surface area contributed by atoms with Gasteiger partial charge < -0.3 is 10.1 Å². The third-order valence-corrected chi connectivity index (χ3v) is 2.00. The van der Waals surface area contributed by atoms with E-state index in [1.165, 1.54) is 0 Å². The molecule has 0 unspecified atom stereocenters. The summed E-state index contributed by atoms with van der Waals surface area (Å²) in [6, 6.07) is 3.81. The van der Waals surface area contributed by atoms with Gasteiger partial charge in [-0.15, -0.1) is 0 Å². The monoisotopic (exact) mass is 204 g/mol. The summed E-state index contributed by atoms with van der Waals surface area (Å²) in [5.74, 6) is 0.627. The molecule has 0 aliphatic heterocycles. The molecular weight excluding hydrogens is 192 g/mol. The normalized spacial score (nSPS) is 9.93. The molecule has 0 bridgehead atoms. The summed E-state index contributed by atoms with van der Waals surface area (Å²) in [7, 11) is 1.60. The van der Waals surface area contributed by atoms with Crippen LogP contribution in [0.1, 0.15) is 5.56 Å². The van der Waals surface area contributed by atoms with Crippen LogP contribution in [0.3, 0.4) is 0 Å². The number of hydrogen-bond donors (Lipinski definition) is 2. The topological polar surface area (TPSA) is 62.8 Å². The minimum Gasteiger partial charge on any atom is -0.481 e. The number of nitrogens with one attached hydrogen (secondary N) is 2. The zero-order chi connectivity index (χ0) is 10.5. The fraction of sp³-hybridized carbons (Fsp3) is 0.200. The van der Waals surface area contributed by atoms with Crippen molar-refractivity contribution in [3.8, 4) is 5.88 Å². The van der Waals surface area contributed by atoms with E-state index in [1.807, 2.05) is 12.1 Å². The van der Waals surface area contributed by atoms with Crippen molar-refractivity contribution in [1.29, 1.82) is 0 Å². The Morgan fingerprint density at radius 3 is 2.93 bits per heavy atom. The molecule has 0 aromatic carbocycles. The maximum absolute atomic E-state index is 4.97. The Morgan fingerprint density at radius 2 is 2.33 bits per heavy atom. The van der Waals surface area contributed by atoms with Gasteiger partial charge in [-0.2, -0.15) is 5.10 Å². The van der Waals surface area contributed by atoms with E-state index in [1.54, 1.807) is 25.7 Å². The number of ether oxygens (including phenoxy) is 1. The van der Waals surface area contributed by atoms with E-state index in [0.717, 1.165) is 17.8 Å². The van der Waals surface area contributed by atoms with Gasteiger partial charge in [0.05, 0.1) is 19.0 Å². The van der Waals surface area contributed by atoms with Crippen LogP contribution in [0, 0.1) is 0 Å². The molecule has 15 heavy (non-hydrogen) atoms. The van der Waals surface area contributed by atoms with Gasteiger partial charge in [-0.25, -0.2) is 4.98 Å². The first-order valence-corrected chi connectivity index (χ1v) is 4.60. The molecule has 5 nitrogen and oxygen atoms in total. The molecular formula is C10H12N4O. The van der Waals surface area contributed by atoms with Crippen LogP contribution < -0.4 is 10.1 Å². The second kappa shape index (κ2) is 4.45. The number of aromatic nitrogens is 3. The number of rotatable bonds is 4. The number of anilines is 1. The van der Waals surface area contributed by atoms with Gasteiger partial charge in [0, 0.05) is 25.0 Å². The van der Waals surface area contributed by atoms with Gasteiger partial charge in [0.1, 0.15) is 0 Å². The van der Waals surface area contributed by atoms with Crippen molar-refractivity contribution in [2.24, 2.45) is 0 Å². The summed E-state index contributed by atoms with van der Waals surface area (Å²) in [6.07, 6.45) is 5.32. The fourth-order valence-electron chi connectivity index (χ4n) is 1.19. The lowest BCUT2D eigenvalue weighted by Gasteiger charge is -2.03. The van der Waals surface area contributed by atoms with Crippen molar-refractivity contribution in [3.63, 3.8) is 0 Å². The highest BCUT2D eigenvalue weighted by molar-refractivity contribution is 5.38. The second-order valence-electron chi connectivity index (χ2n) is 3.05. The van der Waals surface area contributed by atoms with E-state index >= 15 is 0 Å². The van der Waals surface area contributed by atoms with Gasteiger partial charge in [-0.1, -0.05) is 6.07 Å². The quantitative estimate of drug-likeness (QED) is 0.790. The van der Waals surface area contributed by atoms with Gasteiger partial charge in [0.15, 0.2) is 0 Å². The molecule has 2 aromatic rings. The first-order valence-electron chi connectivity index (χ1n) is 4.60. The van der Waals surface area contributed by atoms with Crippen LogP contribution in [0.2, 0.25) is 0 Å². The number of H-pyrrole nitrogens is 1. The lowest BCUT2D eigenvalue weighted by Crippen LogP contribution is -1.99. The molecule has 0 radical (unpaired) electrons. The zero-order valence-electron chi connectivity index (χ0n) is 8.40. The highest BCUT2D eigenvalue weighted by atomic mass is 16.5. The fourth-order valence-corrected chi connectivity index (χ4v) is 1.19. The molecule has 2 N–H and O–H groups in total. The molecule has 0 saturated heterocycles. The van der Waals surface area contributed by atoms with Crippen LogP contribution in [0.25, 0.3) is 0 Å². The van der Waals surface area contributed by atoms with Gasteiger partial charge >= 0.3 is 0 Å². The summed E-state index contributed by atoms with van der Waals surface area (Å²) in [5, 5.41) is 9.78. The highest BCUT2D eigenvalue weighted by Gasteiger charge is 1.96. The van der Waals surface area contributed by atoms with Crippen molar-refractivity contribution in [3.05, 3.63) is 36.3 Å². The molecule has 78 valence electrons. The minimum atomic E-state index is 0.627. The predicted molar refractivity (Wildman–Crippen MR) is 56.7 cm³/mol. The van der Waals surface area contributed by atoms with E-state index in [2.05, 4.69) is 20.5 Å². The molecule has 0 spiro atoms. The van der Waals surface area contributed by atoms with E-state index < -0.39 is 0 Å². The van der Waals surface area contributed by atoms with Crippen molar-refractivity contribution >= 4 is 5.69 Å². The second-order valence-corrected chi connectivity index (χ2v) is 3.05. The molecule has 0 atom stereocenters. The minimum absolute atomic E-state index is 0.627. The zero-order valence-corrected chi connectivity index (χ0v) is 8.40. The van der Waals surface area contributed by atoms with Crippen LogP contribution in [0.4, 0.5) is 5.69 Å². The van der Waals surface area contributed by atoms with Gasteiger partial charge in [0.25, 0.3) is 0 Å². The molecule has 2 heterocycles. The summed E-state index contributed by atoms with van der Waals surface area (Å²) in [6.45, 7) is 0.719. The Labute approximate surface area is 87.5 Å². The lowest BCUT2D eigenvalue weighted by molar-refractivity contribution is 0.397.